The van der Waals surface area contributed by atoms with Gasteiger partial charge in [-0.1, -0.05) is 0 Å². The SMILES string of the molecule is C/C(=C/C(=O)Nc1ccc(NC(=O)/C=C\C(=O)O)cc1)C(=O)O. The first-order chi connectivity index (χ1) is 10.8. The van der Waals surface area contributed by atoms with E-state index in [1.165, 1.54) is 31.2 Å². The molecule has 120 valence electrons. The van der Waals surface area contributed by atoms with Gasteiger partial charge in [0.15, 0.2) is 0 Å². The highest BCUT2D eigenvalue weighted by atomic mass is 16.4. The zero-order valence-corrected chi connectivity index (χ0v) is 12.1. The molecule has 8 heteroatoms. The molecule has 0 atom stereocenters. The van der Waals surface area contributed by atoms with E-state index >= 15 is 0 Å². The van der Waals surface area contributed by atoms with Crippen LogP contribution in [0.15, 0.2) is 48.1 Å². The molecule has 8 nitrogen and oxygen atoms in total. The predicted octanol–water partition coefficient (Wildman–Crippen LogP) is 1.24. The summed E-state index contributed by atoms with van der Waals surface area (Å²) in [5, 5.41) is 22.0. The molecule has 4 N–H and O–H groups in total. The minimum absolute atomic E-state index is 0.100. The van der Waals surface area contributed by atoms with Crippen LogP contribution in [0.1, 0.15) is 6.92 Å². The summed E-state index contributed by atoms with van der Waals surface area (Å²) < 4.78 is 0. The lowest BCUT2D eigenvalue weighted by atomic mass is 10.2. The van der Waals surface area contributed by atoms with Crippen molar-refractivity contribution >= 4 is 35.1 Å². The summed E-state index contributed by atoms with van der Waals surface area (Å²) >= 11 is 0. The normalized spacial score (nSPS) is 11.1. The van der Waals surface area contributed by atoms with Gasteiger partial charge in [-0.25, -0.2) is 9.59 Å². The van der Waals surface area contributed by atoms with Gasteiger partial charge >= 0.3 is 11.9 Å². The molecule has 0 heterocycles. The first-order valence-corrected chi connectivity index (χ1v) is 6.32. The van der Waals surface area contributed by atoms with Crippen LogP contribution in [0.25, 0.3) is 0 Å². The van der Waals surface area contributed by atoms with Crippen LogP contribution in [0.4, 0.5) is 11.4 Å². The first-order valence-electron chi connectivity index (χ1n) is 6.32. The summed E-state index contributed by atoms with van der Waals surface area (Å²) in [7, 11) is 0. The van der Waals surface area contributed by atoms with Crippen LogP contribution < -0.4 is 10.6 Å². The molecule has 0 aliphatic rings. The summed E-state index contributed by atoms with van der Waals surface area (Å²) in [6, 6.07) is 5.99. The van der Waals surface area contributed by atoms with E-state index in [1.54, 1.807) is 0 Å². The van der Waals surface area contributed by atoms with Crippen LogP contribution in [-0.4, -0.2) is 34.0 Å². The molecule has 0 saturated heterocycles. The number of benzene rings is 1. The van der Waals surface area contributed by atoms with Crippen molar-refractivity contribution in [3.63, 3.8) is 0 Å². The van der Waals surface area contributed by atoms with E-state index in [2.05, 4.69) is 10.6 Å². The number of nitrogens with one attached hydrogen (secondary N) is 2. The van der Waals surface area contributed by atoms with Crippen molar-refractivity contribution in [1.29, 1.82) is 0 Å². The van der Waals surface area contributed by atoms with Crippen molar-refractivity contribution in [2.75, 3.05) is 10.6 Å². The maximum atomic E-state index is 11.6. The summed E-state index contributed by atoms with van der Waals surface area (Å²) in [4.78, 5) is 43.8. The highest BCUT2D eigenvalue weighted by molar-refractivity contribution is 6.04. The number of carboxylic acid groups (broad SMARTS) is 2. The summed E-state index contributed by atoms with van der Waals surface area (Å²) in [6.07, 6.45) is 2.53. The monoisotopic (exact) mass is 318 g/mol. The number of amides is 2. The van der Waals surface area contributed by atoms with Gasteiger partial charge in [-0.05, 0) is 31.2 Å². The number of carboxylic acids is 2. The lowest BCUT2D eigenvalue weighted by Gasteiger charge is -2.05. The third kappa shape index (κ3) is 6.71. The molecule has 0 saturated carbocycles. The minimum Gasteiger partial charge on any atom is -0.478 e. The highest BCUT2D eigenvalue weighted by Crippen LogP contribution is 2.13. The van der Waals surface area contributed by atoms with Gasteiger partial charge in [0, 0.05) is 35.2 Å². The second kappa shape index (κ2) is 8.13. The zero-order chi connectivity index (χ0) is 17.4. The molecular weight excluding hydrogens is 304 g/mol. The average Bonchev–Trinajstić information content (AvgIpc) is 2.47. The summed E-state index contributed by atoms with van der Waals surface area (Å²) in [6.45, 7) is 1.30. The Hall–Kier alpha value is -3.42. The van der Waals surface area contributed by atoms with E-state index in [4.69, 9.17) is 10.2 Å². The fraction of sp³-hybridized carbons (Fsp3) is 0.0667. The number of carbonyl (C=O) groups is 4. The molecule has 0 aromatic heterocycles. The molecule has 23 heavy (non-hydrogen) atoms. The minimum atomic E-state index is -1.23. The van der Waals surface area contributed by atoms with E-state index in [0.29, 0.717) is 17.5 Å². The van der Waals surface area contributed by atoms with Crippen LogP contribution >= 0.6 is 0 Å². The summed E-state index contributed by atoms with van der Waals surface area (Å²) in [5.41, 5.74) is 0.709. The van der Waals surface area contributed by atoms with Gasteiger partial charge in [0.2, 0.25) is 11.8 Å². The molecule has 0 bridgehead atoms. The highest BCUT2D eigenvalue weighted by Gasteiger charge is 2.05. The maximum absolute atomic E-state index is 11.6. The van der Waals surface area contributed by atoms with Crippen LogP contribution in [0.2, 0.25) is 0 Å². The third-order valence-electron chi connectivity index (χ3n) is 2.48. The Kier molecular flexibility index (Phi) is 6.23. The van der Waals surface area contributed by atoms with Crippen LogP contribution in [-0.2, 0) is 19.2 Å². The molecular formula is C15H14N2O6. The predicted molar refractivity (Wildman–Crippen MR) is 81.9 cm³/mol. The van der Waals surface area contributed by atoms with Gasteiger partial charge in [0.25, 0.3) is 0 Å². The van der Waals surface area contributed by atoms with Gasteiger partial charge in [-0.15, -0.1) is 0 Å². The quantitative estimate of drug-likeness (QED) is 0.583. The Morgan fingerprint density at radius 1 is 0.870 bits per heavy atom. The van der Waals surface area contributed by atoms with E-state index in [1.807, 2.05) is 0 Å². The number of hydrogen-bond acceptors (Lipinski definition) is 4. The number of carbonyl (C=O) groups excluding carboxylic acids is 2. The Bertz CT molecular complexity index is 688. The lowest BCUT2D eigenvalue weighted by molar-refractivity contribution is -0.133. The van der Waals surface area contributed by atoms with E-state index in [9.17, 15) is 19.2 Å². The maximum Gasteiger partial charge on any atom is 0.331 e. The topological polar surface area (TPSA) is 133 Å². The van der Waals surface area contributed by atoms with E-state index in [0.717, 1.165) is 12.2 Å². The average molecular weight is 318 g/mol. The Morgan fingerprint density at radius 2 is 1.35 bits per heavy atom. The van der Waals surface area contributed by atoms with E-state index in [-0.39, 0.29) is 5.57 Å². The fourth-order valence-corrected chi connectivity index (χ4v) is 1.40. The van der Waals surface area contributed by atoms with Crippen molar-refractivity contribution in [1.82, 2.24) is 0 Å². The third-order valence-corrected chi connectivity index (χ3v) is 2.48. The number of rotatable bonds is 6. The Morgan fingerprint density at radius 3 is 1.78 bits per heavy atom. The molecule has 1 aromatic rings. The van der Waals surface area contributed by atoms with Crippen LogP contribution in [0.5, 0.6) is 0 Å². The van der Waals surface area contributed by atoms with Gasteiger partial charge in [0.1, 0.15) is 0 Å². The van der Waals surface area contributed by atoms with Gasteiger partial charge in [-0.3, -0.25) is 9.59 Å². The molecule has 2 amide bonds. The van der Waals surface area contributed by atoms with Crippen molar-refractivity contribution in [2.24, 2.45) is 0 Å². The zero-order valence-electron chi connectivity index (χ0n) is 12.1. The van der Waals surface area contributed by atoms with Crippen LogP contribution in [0, 0.1) is 0 Å². The van der Waals surface area contributed by atoms with Crippen LogP contribution in [0.3, 0.4) is 0 Å². The van der Waals surface area contributed by atoms with Gasteiger partial charge < -0.3 is 20.8 Å². The van der Waals surface area contributed by atoms with Crippen molar-refractivity contribution in [2.45, 2.75) is 6.92 Å². The number of aliphatic carboxylic acids is 2. The molecule has 1 rings (SSSR count). The fourth-order valence-electron chi connectivity index (χ4n) is 1.40. The standard InChI is InChI=1S/C15H14N2O6/c1-9(15(22)23)8-13(19)17-11-4-2-10(3-5-11)16-12(18)6-7-14(20)21/h2-8H,1H3,(H,16,18)(H,17,19)(H,20,21)(H,22,23)/b7-6-,9-8-. The molecule has 0 spiro atoms. The van der Waals surface area contributed by atoms with Gasteiger partial charge in [-0.2, -0.15) is 0 Å². The molecule has 0 unspecified atom stereocenters. The molecule has 0 aliphatic heterocycles. The molecule has 0 fully saturated rings. The Labute approximate surface area is 131 Å². The second-order valence-electron chi connectivity index (χ2n) is 4.36. The second-order valence-corrected chi connectivity index (χ2v) is 4.36. The largest absolute Gasteiger partial charge is 0.478 e. The molecule has 0 radical (unpaired) electrons. The van der Waals surface area contributed by atoms with E-state index < -0.39 is 23.8 Å². The smallest absolute Gasteiger partial charge is 0.331 e. The van der Waals surface area contributed by atoms with Crippen molar-refractivity contribution in [3.05, 3.63) is 48.1 Å². The van der Waals surface area contributed by atoms with Gasteiger partial charge in [0.05, 0.1) is 0 Å². The molecule has 0 aliphatic carbocycles. The molecule has 1 aromatic carbocycles. The Balaban J connectivity index is 2.65. The van der Waals surface area contributed by atoms with Crippen molar-refractivity contribution in [3.8, 4) is 0 Å². The van der Waals surface area contributed by atoms with Crippen molar-refractivity contribution < 1.29 is 29.4 Å². The number of anilines is 2. The first kappa shape index (κ1) is 17.6. The number of hydrogen-bond donors (Lipinski definition) is 4. The summed E-state index contributed by atoms with van der Waals surface area (Å²) in [5.74, 6) is -3.62. The lowest BCUT2D eigenvalue weighted by Crippen LogP contribution is -2.11.